The molecule has 1 amide bonds. The Bertz CT molecular complexity index is 291. The monoisotopic (exact) mass is 286 g/mol. The number of ether oxygens (including phenoxy) is 1. The Morgan fingerprint density at radius 1 is 1.32 bits per heavy atom. The molecule has 19 heavy (non-hydrogen) atoms. The van der Waals surface area contributed by atoms with Gasteiger partial charge >= 0.3 is 18.2 Å². The minimum atomic E-state index is -5.08. The largest absolute Gasteiger partial charge is 0.490 e. The van der Waals surface area contributed by atoms with Gasteiger partial charge in [0.25, 0.3) is 0 Å². The summed E-state index contributed by atoms with van der Waals surface area (Å²) in [5.41, 5.74) is 0. The lowest BCUT2D eigenvalue weighted by molar-refractivity contribution is -0.192. The predicted octanol–water partition coefficient (Wildman–Crippen LogP) is 1.07. The summed E-state index contributed by atoms with van der Waals surface area (Å²) in [6.45, 7) is 5.81. The van der Waals surface area contributed by atoms with Crippen LogP contribution in [0.15, 0.2) is 0 Å². The van der Waals surface area contributed by atoms with E-state index in [2.05, 4.69) is 5.32 Å². The maximum Gasteiger partial charge on any atom is 0.490 e. The number of carboxylic acids is 1. The van der Waals surface area contributed by atoms with E-state index < -0.39 is 12.1 Å². The van der Waals surface area contributed by atoms with Crippen LogP contribution >= 0.6 is 0 Å². The SMILES string of the molecule is CCCOC(=O)N1CCNCC1.O=C(O)C(F)(F)F. The number of nitrogens with one attached hydrogen (secondary N) is 1. The molecule has 1 fully saturated rings. The molecule has 9 heteroatoms. The van der Waals surface area contributed by atoms with Crippen molar-refractivity contribution in [3.05, 3.63) is 0 Å². The Morgan fingerprint density at radius 3 is 2.16 bits per heavy atom. The van der Waals surface area contributed by atoms with Crippen LogP contribution < -0.4 is 5.32 Å². The minimum absolute atomic E-state index is 0.168. The Balaban J connectivity index is 0.000000399. The number of hydrogen-bond acceptors (Lipinski definition) is 4. The molecule has 0 saturated carbocycles. The molecule has 0 unspecified atom stereocenters. The highest BCUT2D eigenvalue weighted by atomic mass is 19.4. The summed E-state index contributed by atoms with van der Waals surface area (Å²) in [4.78, 5) is 21.9. The summed E-state index contributed by atoms with van der Waals surface area (Å²) in [5, 5.41) is 10.3. The summed E-state index contributed by atoms with van der Waals surface area (Å²) >= 11 is 0. The van der Waals surface area contributed by atoms with E-state index in [1.165, 1.54) is 0 Å². The van der Waals surface area contributed by atoms with Gasteiger partial charge in [0.1, 0.15) is 0 Å². The van der Waals surface area contributed by atoms with Gasteiger partial charge in [-0.2, -0.15) is 13.2 Å². The second kappa shape index (κ2) is 8.57. The lowest BCUT2D eigenvalue weighted by Gasteiger charge is -2.26. The molecule has 0 atom stereocenters. The number of halogens is 3. The molecule has 1 saturated heterocycles. The predicted molar refractivity (Wildman–Crippen MR) is 59.8 cm³/mol. The summed E-state index contributed by atoms with van der Waals surface area (Å²) in [5.74, 6) is -2.76. The van der Waals surface area contributed by atoms with Crippen molar-refractivity contribution in [1.82, 2.24) is 10.2 Å². The van der Waals surface area contributed by atoms with Gasteiger partial charge in [0.05, 0.1) is 6.61 Å². The molecule has 0 spiro atoms. The number of nitrogens with zero attached hydrogens (tertiary/aromatic N) is 1. The topological polar surface area (TPSA) is 78.9 Å². The number of carboxylic acid groups (broad SMARTS) is 1. The maximum atomic E-state index is 11.2. The third-order valence-electron chi connectivity index (χ3n) is 2.05. The molecule has 112 valence electrons. The van der Waals surface area contributed by atoms with E-state index in [1.54, 1.807) is 4.90 Å². The van der Waals surface area contributed by atoms with Crippen LogP contribution in [0.2, 0.25) is 0 Å². The summed E-state index contributed by atoms with van der Waals surface area (Å²) < 4.78 is 36.7. The second-order valence-electron chi connectivity index (χ2n) is 3.65. The molecule has 0 aromatic rings. The average molecular weight is 286 g/mol. The molecule has 0 aromatic heterocycles. The Morgan fingerprint density at radius 2 is 1.79 bits per heavy atom. The smallest absolute Gasteiger partial charge is 0.475 e. The first-order chi connectivity index (χ1) is 8.79. The number of rotatable bonds is 2. The van der Waals surface area contributed by atoms with Crippen LogP contribution in [0.5, 0.6) is 0 Å². The van der Waals surface area contributed by atoms with Crippen molar-refractivity contribution in [2.75, 3.05) is 32.8 Å². The van der Waals surface area contributed by atoms with Crippen LogP contribution in [0.1, 0.15) is 13.3 Å². The molecule has 0 aliphatic carbocycles. The van der Waals surface area contributed by atoms with Crippen molar-refractivity contribution in [1.29, 1.82) is 0 Å². The molecule has 0 radical (unpaired) electrons. The van der Waals surface area contributed by atoms with E-state index in [0.29, 0.717) is 6.61 Å². The van der Waals surface area contributed by atoms with Crippen LogP contribution in [0.4, 0.5) is 18.0 Å². The van der Waals surface area contributed by atoms with E-state index in [0.717, 1.165) is 32.6 Å². The first-order valence-electron chi connectivity index (χ1n) is 5.71. The van der Waals surface area contributed by atoms with Crippen LogP contribution in [0, 0.1) is 0 Å². The number of amides is 1. The summed E-state index contributed by atoms with van der Waals surface area (Å²) in [7, 11) is 0. The van der Waals surface area contributed by atoms with E-state index in [1.807, 2.05) is 6.92 Å². The van der Waals surface area contributed by atoms with Crippen molar-refractivity contribution in [3.8, 4) is 0 Å². The molecular formula is C10H17F3N2O4. The molecule has 0 bridgehead atoms. The third kappa shape index (κ3) is 8.25. The van der Waals surface area contributed by atoms with Gasteiger partial charge in [-0.1, -0.05) is 6.92 Å². The second-order valence-corrected chi connectivity index (χ2v) is 3.65. The van der Waals surface area contributed by atoms with Gasteiger partial charge in [-0.15, -0.1) is 0 Å². The Kier molecular flexibility index (Phi) is 7.89. The zero-order chi connectivity index (χ0) is 14.9. The van der Waals surface area contributed by atoms with E-state index in [-0.39, 0.29) is 6.09 Å². The van der Waals surface area contributed by atoms with Crippen LogP contribution in [0.25, 0.3) is 0 Å². The fraction of sp³-hybridized carbons (Fsp3) is 0.800. The van der Waals surface area contributed by atoms with E-state index in [9.17, 15) is 18.0 Å². The number of carbonyl (C=O) groups excluding carboxylic acids is 1. The van der Waals surface area contributed by atoms with Gasteiger partial charge < -0.3 is 20.1 Å². The first-order valence-corrected chi connectivity index (χ1v) is 5.71. The molecule has 1 heterocycles. The number of aliphatic carboxylic acids is 1. The summed E-state index contributed by atoms with van der Waals surface area (Å²) in [6, 6.07) is 0. The Labute approximate surface area is 108 Å². The van der Waals surface area contributed by atoms with Crippen LogP contribution in [0.3, 0.4) is 0 Å². The van der Waals surface area contributed by atoms with Crippen molar-refractivity contribution in [3.63, 3.8) is 0 Å². The third-order valence-corrected chi connectivity index (χ3v) is 2.05. The fourth-order valence-electron chi connectivity index (χ4n) is 1.13. The highest BCUT2D eigenvalue weighted by Gasteiger charge is 2.38. The molecule has 6 nitrogen and oxygen atoms in total. The van der Waals surface area contributed by atoms with Crippen LogP contribution in [-0.2, 0) is 9.53 Å². The first kappa shape index (κ1) is 17.5. The summed E-state index contributed by atoms with van der Waals surface area (Å²) in [6.07, 6.45) is -4.36. The molecule has 0 aromatic carbocycles. The van der Waals surface area contributed by atoms with Crippen molar-refractivity contribution < 1.29 is 32.6 Å². The van der Waals surface area contributed by atoms with Gasteiger partial charge in [0.15, 0.2) is 0 Å². The van der Waals surface area contributed by atoms with Gasteiger partial charge in [-0.25, -0.2) is 9.59 Å². The average Bonchev–Trinajstić information content (AvgIpc) is 2.36. The number of hydrogen-bond donors (Lipinski definition) is 2. The number of carbonyl (C=O) groups is 2. The quantitative estimate of drug-likeness (QED) is 0.794. The molecule has 1 aliphatic heterocycles. The minimum Gasteiger partial charge on any atom is -0.475 e. The van der Waals surface area contributed by atoms with Crippen molar-refractivity contribution in [2.24, 2.45) is 0 Å². The van der Waals surface area contributed by atoms with Crippen molar-refractivity contribution in [2.45, 2.75) is 19.5 Å². The Hall–Kier alpha value is -1.51. The highest BCUT2D eigenvalue weighted by molar-refractivity contribution is 5.73. The van der Waals surface area contributed by atoms with E-state index in [4.69, 9.17) is 14.6 Å². The zero-order valence-electron chi connectivity index (χ0n) is 10.5. The number of alkyl halides is 3. The zero-order valence-corrected chi connectivity index (χ0v) is 10.5. The van der Waals surface area contributed by atoms with Gasteiger partial charge in [0.2, 0.25) is 0 Å². The van der Waals surface area contributed by atoms with Gasteiger partial charge in [0, 0.05) is 26.2 Å². The maximum absolute atomic E-state index is 11.2. The normalized spacial score (nSPS) is 15.3. The van der Waals surface area contributed by atoms with E-state index >= 15 is 0 Å². The van der Waals surface area contributed by atoms with Gasteiger partial charge in [-0.05, 0) is 6.42 Å². The molecule has 1 aliphatic rings. The highest BCUT2D eigenvalue weighted by Crippen LogP contribution is 2.13. The molecule has 2 N–H and O–H groups in total. The lowest BCUT2D eigenvalue weighted by Crippen LogP contribution is -2.46. The van der Waals surface area contributed by atoms with Crippen molar-refractivity contribution >= 4 is 12.1 Å². The van der Waals surface area contributed by atoms with Crippen LogP contribution in [-0.4, -0.2) is 61.0 Å². The van der Waals surface area contributed by atoms with Gasteiger partial charge in [-0.3, -0.25) is 0 Å². The number of piperazine rings is 1. The molecule has 1 rings (SSSR count). The lowest BCUT2D eigenvalue weighted by atomic mass is 10.4. The molecular weight excluding hydrogens is 269 g/mol. The standard InChI is InChI=1S/C8H16N2O2.C2HF3O2/c1-2-7-12-8(11)10-5-3-9-4-6-10;3-2(4,5)1(6)7/h9H,2-7H2,1H3;(H,6,7). The fourth-order valence-corrected chi connectivity index (χ4v) is 1.13.